The topological polar surface area (TPSA) is 486 Å². The van der Waals surface area contributed by atoms with Gasteiger partial charge in [0.2, 0.25) is 23.6 Å². The second-order valence-corrected chi connectivity index (χ2v) is 35.6. The molecular formula is C103H100F3N31O5. The molecule has 4 saturated carbocycles. The molecule has 22 rings (SSSR count). The second-order valence-electron chi connectivity index (χ2n) is 35.6. The number of nitrogen functional groups attached to an aromatic ring is 4. The van der Waals surface area contributed by atoms with Crippen molar-refractivity contribution in [1.82, 2.24) is 114 Å². The lowest BCUT2D eigenvalue weighted by atomic mass is 10.0. The molecule has 17 heterocycles. The molecule has 13 N–H and O–H groups in total. The van der Waals surface area contributed by atoms with Crippen molar-refractivity contribution in [2.45, 2.75) is 97.3 Å². The maximum Gasteiger partial charge on any atom is 0.418 e. The van der Waals surface area contributed by atoms with E-state index in [0.29, 0.717) is 86.3 Å². The number of hydrogen-bond acceptors (Lipinski definition) is 27. The number of pyridine rings is 12. The van der Waals surface area contributed by atoms with E-state index in [0.717, 1.165) is 137 Å². The number of fused-ring (bicyclic) bond motifs is 4. The molecule has 39 heteroatoms. The predicted octanol–water partition coefficient (Wildman–Crippen LogP) is 15.8. The number of halogens is 3. The number of nitrogens with two attached hydrogens (primary N) is 4. The smallest absolute Gasteiger partial charge is 0.418 e. The number of rotatable bonds is 22. The fraction of sp³-hybridized carbons (Fsp3) is 0.233. The molecule has 4 amide bonds. The number of alkyl halides is 3. The zero-order valence-electron chi connectivity index (χ0n) is 78.0. The minimum Gasteiger partial charge on any atom is -0.487 e. The highest BCUT2D eigenvalue weighted by Gasteiger charge is 2.48. The molecule has 718 valence electrons. The van der Waals surface area contributed by atoms with Gasteiger partial charge >= 0.3 is 6.18 Å². The van der Waals surface area contributed by atoms with E-state index in [1.807, 2.05) is 191 Å². The summed E-state index contributed by atoms with van der Waals surface area (Å²) in [6.45, 7) is 11.7. The third kappa shape index (κ3) is 20.6. The summed E-state index contributed by atoms with van der Waals surface area (Å²) < 4.78 is 54.7. The molecule has 36 nitrogen and oxygen atoms in total. The molecule has 17 aromatic heterocycles. The van der Waals surface area contributed by atoms with Gasteiger partial charge in [-0.3, -0.25) is 52.9 Å². The Balaban J connectivity index is 0.000000125. The fourth-order valence-corrected chi connectivity index (χ4v) is 17.4. The quantitative estimate of drug-likeness (QED) is 0.0304. The van der Waals surface area contributed by atoms with Crippen molar-refractivity contribution in [3.8, 4) is 56.6 Å². The van der Waals surface area contributed by atoms with Crippen LogP contribution in [0.3, 0.4) is 0 Å². The van der Waals surface area contributed by atoms with E-state index in [9.17, 15) is 32.3 Å². The SMILES string of the molecule is C.C=C(NC)c1cc(C)c(-c2cc3cc(NC(=O)[C@H]4C[C@@H]4c4cnn(C)c4)ncc3c(N)n2)cn1.Cc1c(OCc2ccccc2)cncc1-c1cc2cc(NC(=O)[C@H]3C[C@@H]3c3cnn(C)c3)ncc2c(N)n1.Cc1cc(-n2cccn2)ncc1-c1cc2cc(NC(=O)[C@H]3C[C@@H]3c3cnn(C)c3)ncc2c(N)n1.Cc1ncc(-c2cc3cc(NC(=O)[C@H]4C[C@@H]4c4cnn(C)c4)ncc3c(N)n2)cc1C(F)(F)F. The summed E-state index contributed by atoms with van der Waals surface area (Å²) in [5.74, 6) is 4.47. The van der Waals surface area contributed by atoms with E-state index in [4.69, 9.17) is 27.7 Å². The van der Waals surface area contributed by atoms with Crippen molar-refractivity contribution < 1.29 is 37.1 Å². The minimum atomic E-state index is -4.53. The molecule has 0 aliphatic heterocycles. The fourth-order valence-electron chi connectivity index (χ4n) is 17.4. The first-order valence-corrected chi connectivity index (χ1v) is 45.3. The van der Waals surface area contributed by atoms with Crippen LogP contribution in [0.2, 0.25) is 0 Å². The third-order valence-electron chi connectivity index (χ3n) is 25.6. The number of benzene rings is 1. The molecule has 0 saturated heterocycles. The number of aryl methyl sites for hydroxylation is 7. The molecule has 8 atom stereocenters. The maximum atomic E-state index is 13.3. The molecule has 142 heavy (non-hydrogen) atoms. The lowest BCUT2D eigenvalue weighted by molar-refractivity contribution is -0.138. The summed E-state index contributed by atoms with van der Waals surface area (Å²) in [7, 11) is 9.26. The van der Waals surface area contributed by atoms with E-state index in [2.05, 4.69) is 118 Å². The van der Waals surface area contributed by atoms with Gasteiger partial charge in [0.25, 0.3) is 0 Å². The van der Waals surface area contributed by atoms with Crippen LogP contribution in [0, 0.1) is 51.4 Å². The van der Waals surface area contributed by atoms with Crippen LogP contribution < -0.4 is 54.3 Å². The summed E-state index contributed by atoms with van der Waals surface area (Å²) in [6.07, 6.45) is 31.9. The summed E-state index contributed by atoms with van der Waals surface area (Å²) >= 11 is 0. The van der Waals surface area contributed by atoms with E-state index in [-0.39, 0.29) is 101 Å². The maximum absolute atomic E-state index is 13.3. The van der Waals surface area contributed by atoms with E-state index in [1.165, 1.54) is 19.3 Å². The van der Waals surface area contributed by atoms with Crippen molar-refractivity contribution in [3.05, 3.63) is 289 Å². The summed E-state index contributed by atoms with van der Waals surface area (Å²) in [5.41, 5.74) is 38.8. The van der Waals surface area contributed by atoms with E-state index in [1.54, 1.807) is 91.3 Å². The Morgan fingerprint density at radius 3 is 1.21 bits per heavy atom. The van der Waals surface area contributed by atoms with Gasteiger partial charge in [0, 0.05) is 201 Å². The number of nitrogens with zero attached hydrogens (tertiary/aromatic N) is 22. The van der Waals surface area contributed by atoms with Gasteiger partial charge in [-0.25, -0.2) is 49.5 Å². The number of ether oxygens (including phenoxy) is 1. The van der Waals surface area contributed by atoms with Gasteiger partial charge in [-0.2, -0.15) is 38.7 Å². The van der Waals surface area contributed by atoms with Crippen LogP contribution in [-0.2, 0) is 60.2 Å². The van der Waals surface area contributed by atoms with Gasteiger partial charge in [0.1, 0.15) is 58.9 Å². The molecule has 4 fully saturated rings. The number of aromatic nitrogens is 22. The van der Waals surface area contributed by atoms with Gasteiger partial charge in [-0.05, 0) is 210 Å². The molecule has 0 radical (unpaired) electrons. The molecular weight excluding hydrogens is 1810 g/mol. The average molecular weight is 1910 g/mol. The monoisotopic (exact) mass is 1910 g/mol. The highest BCUT2D eigenvalue weighted by molar-refractivity contribution is 6.03. The minimum absolute atomic E-state index is 0. The predicted molar refractivity (Wildman–Crippen MR) is 536 cm³/mol. The first-order valence-electron chi connectivity index (χ1n) is 45.3. The normalized spacial score (nSPS) is 16.8. The van der Waals surface area contributed by atoms with Crippen LogP contribution in [0.4, 0.5) is 59.7 Å². The second kappa shape index (κ2) is 39.1. The van der Waals surface area contributed by atoms with Crippen molar-refractivity contribution in [2.24, 2.45) is 51.9 Å². The standard InChI is InChI=1S/C29H27N7O2.C25H23N9O.C25H26N8O.C23H20F3N7O.CH4/c1-17-23(12-31-14-26(17)38-16-18-6-4-3-5-7-18)25-8-19-9-27(32-13-24(19)28(30)34-25)35-29(37)22-10-21(22)20-11-33-36(2)15-20;1-14-6-23(34-5-3-4-29-34)28-11-19(14)21-7-15-8-22(27-12-20(15)24(26)31-21)32-25(35)18-9-17(18)16-10-30-33(2)13-16;1-13-5-21(14(2)27-3)28-10-19(13)22-6-15-7-23(29-11-20(15)24(26)31-22)32-25(34)18-8-17(18)16-9-30-33(4)12-16;1-11-18(23(24,25)26)3-13(7-28-11)19-4-12-5-20(29-9-17(12)21(27)31-19)32-22(34)16-6-15(16)14-8-30-33(2)10-14;/h3-9,11-15,21-22H,10,16H2,1-2H3,(H2,30,34)(H,32,35,37);3-8,10-13,17-18H,9H2,1-2H3,(H2,26,31)(H,27,32,35);5-7,9-12,17-18,27H,2,8H2,1,3-4H3,(H2,26,31)(H,29,32,34);3-5,7-10,15-16H,6H2,1-2H3,(H2,27,31)(H,29,32,34);1H4/t21-,22+;2*17-,18+;15-,16+;/m1111./s1. The van der Waals surface area contributed by atoms with Crippen LogP contribution in [0.25, 0.3) is 99.6 Å². The van der Waals surface area contributed by atoms with E-state index >= 15 is 0 Å². The summed E-state index contributed by atoms with van der Waals surface area (Å²) in [6, 6.07) is 31.3. The zero-order valence-corrected chi connectivity index (χ0v) is 78.0. The highest BCUT2D eigenvalue weighted by atomic mass is 19.4. The lowest BCUT2D eigenvalue weighted by Crippen LogP contribution is -2.15. The van der Waals surface area contributed by atoms with Gasteiger partial charge < -0.3 is 54.3 Å². The zero-order chi connectivity index (χ0) is 98.5. The largest absolute Gasteiger partial charge is 0.487 e. The van der Waals surface area contributed by atoms with Crippen LogP contribution in [-0.4, -0.2) is 139 Å². The van der Waals surface area contributed by atoms with Gasteiger partial charge in [-0.1, -0.05) is 44.3 Å². The number of amides is 4. The first-order chi connectivity index (χ1) is 67.8. The Bertz CT molecular complexity index is 7940. The molecule has 4 aliphatic carbocycles. The van der Waals surface area contributed by atoms with Crippen molar-refractivity contribution in [3.63, 3.8) is 0 Å². The Labute approximate surface area is 811 Å². The van der Waals surface area contributed by atoms with Gasteiger partial charge in [0.15, 0.2) is 5.82 Å². The molecule has 18 aromatic rings. The third-order valence-corrected chi connectivity index (χ3v) is 25.6. The Morgan fingerprint density at radius 1 is 0.444 bits per heavy atom. The van der Waals surface area contributed by atoms with Crippen LogP contribution in [0.1, 0.15) is 118 Å². The number of nitrogens with one attached hydrogen (secondary N) is 5. The van der Waals surface area contributed by atoms with Crippen LogP contribution in [0.5, 0.6) is 5.75 Å². The van der Waals surface area contributed by atoms with E-state index < -0.39 is 11.7 Å². The lowest BCUT2D eigenvalue weighted by Gasteiger charge is -2.13. The van der Waals surface area contributed by atoms with Crippen molar-refractivity contribution >= 4 is 119 Å². The van der Waals surface area contributed by atoms with Gasteiger partial charge in [0.05, 0.1) is 70.7 Å². The summed E-state index contributed by atoms with van der Waals surface area (Å²) in [4.78, 5) is 104. The molecule has 4 aliphatic rings. The Hall–Kier alpha value is -17.7. The number of carbonyl (C=O) groups excluding carboxylic acids is 4. The number of anilines is 8. The molecule has 1 aromatic carbocycles. The summed E-state index contributed by atoms with van der Waals surface area (Å²) in [5, 5.41) is 41.5. The van der Waals surface area contributed by atoms with Gasteiger partial charge in [-0.15, -0.1) is 0 Å². The first kappa shape index (κ1) is 94.7. The molecule has 0 bridgehead atoms. The number of hydrogen-bond donors (Lipinski definition) is 9. The van der Waals surface area contributed by atoms with Crippen molar-refractivity contribution in [2.75, 3.05) is 51.2 Å². The average Bonchev–Trinajstić information content (AvgIpc) is 1.44. The highest BCUT2D eigenvalue weighted by Crippen LogP contribution is 2.52. The Kier molecular flexibility index (Phi) is 26.0. The van der Waals surface area contributed by atoms with Crippen LogP contribution in [0.15, 0.2) is 227 Å². The molecule has 0 unspecified atom stereocenters. The number of carbonyl (C=O) groups is 4. The Morgan fingerprint density at radius 2 is 0.838 bits per heavy atom. The molecule has 0 spiro atoms. The van der Waals surface area contributed by atoms with Crippen LogP contribution >= 0.6 is 0 Å². The van der Waals surface area contributed by atoms with Crippen molar-refractivity contribution in [1.29, 1.82) is 0 Å².